The van der Waals surface area contributed by atoms with Gasteiger partial charge >= 0.3 is 0 Å². The fourth-order valence-corrected chi connectivity index (χ4v) is 2.74. The first-order valence-corrected chi connectivity index (χ1v) is 8.73. The number of aromatic nitrogens is 3. The average molecular weight is 362 g/mol. The molecule has 0 aliphatic heterocycles. The molecule has 0 saturated heterocycles. The fourth-order valence-electron chi connectivity index (χ4n) is 2.54. The van der Waals surface area contributed by atoms with E-state index in [1.165, 1.54) is 5.56 Å². The molecule has 1 amide bonds. The molecule has 2 rings (SSSR count). The average Bonchev–Trinajstić information content (AvgIpc) is 2.74. The van der Waals surface area contributed by atoms with E-state index in [2.05, 4.69) is 22.5 Å². The quantitative estimate of drug-likeness (QED) is 0.803. The minimum atomic E-state index is -0.234. The van der Waals surface area contributed by atoms with Crippen LogP contribution >= 0.6 is 12.2 Å². The number of rotatable bonds is 6. The summed E-state index contributed by atoms with van der Waals surface area (Å²) in [4.78, 5) is 13.9. The van der Waals surface area contributed by atoms with Crippen molar-refractivity contribution in [2.24, 2.45) is 7.05 Å². The van der Waals surface area contributed by atoms with Crippen molar-refractivity contribution in [3.8, 4) is 0 Å². The van der Waals surface area contributed by atoms with Gasteiger partial charge in [-0.15, -0.1) is 0 Å². The van der Waals surface area contributed by atoms with Crippen LogP contribution in [0.2, 0.25) is 0 Å². The highest BCUT2D eigenvalue weighted by atomic mass is 32.1. The van der Waals surface area contributed by atoms with Gasteiger partial charge < -0.3 is 9.88 Å². The number of hydrogen-bond acceptors (Lipinski definition) is 4. The summed E-state index contributed by atoms with van der Waals surface area (Å²) in [5.41, 5.74) is 0.956. The second-order valence-corrected chi connectivity index (χ2v) is 7.74. The highest BCUT2D eigenvalue weighted by Gasteiger charge is 2.16. The summed E-state index contributed by atoms with van der Waals surface area (Å²) < 4.78 is 4.33. The zero-order valence-electron chi connectivity index (χ0n) is 15.6. The van der Waals surface area contributed by atoms with Crippen molar-refractivity contribution in [1.29, 1.82) is 0 Å². The van der Waals surface area contributed by atoms with Gasteiger partial charge in [0, 0.05) is 19.0 Å². The van der Waals surface area contributed by atoms with Gasteiger partial charge in [0.1, 0.15) is 5.82 Å². The van der Waals surface area contributed by atoms with Crippen LogP contribution in [0.5, 0.6) is 0 Å². The van der Waals surface area contributed by atoms with E-state index in [0.29, 0.717) is 18.0 Å². The van der Waals surface area contributed by atoms with Gasteiger partial charge in [-0.2, -0.15) is 5.10 Å². The highest BCUT2D eigenvalue weighted by Crippen LogP contribution is 2.08. The number of hydrogen-bond donors (Lipinski definition) is 1. The van der Waals surface area contributed by atoms with Crippen LogP contribution < -0.4 is 5.32 Å². The smallest absolute Gasteiger partial charge is 0.234 e. The molecule has 1 aromatic heterocycles. The van der Waals surface area contributed by atoms with E-state index in [1.54, 1.807) is 4.68 Å². The van der Waals surface area contributed by atoms with Crippen molar-refractivity contribution >= 4 is 18.1 Å². The van der Waals surface area contributed by atoms with Gasteiger partial charge in [-0.25, -0.2) is 4.68 Å². The van der Waals surface area contributed by atoms with Crippen molar-refractivity contribution in [2.75, 3.05) is 13.6 Å². The molecule has 0 radical (unpaired) electrons. The van der Waals surface area contributed by atoms with Crippen LogP contribution in [0.1, 0.15) is 32.2 Å². The summed E-state index contributed by atoms with van der Waals surface area (Å²) in [5.74, 6) is 0.894. The highest BCUT2D eigenvalue weighted by molar-refractivity contribution is 7.71. The SMILES string of the molecule is CN(CC(=O)NC(C)(C)C)Cn1nc(Cc2ccccc2)n(C)c1=S. The monoisotopic (exact) mass is 361 g/mol. The summed E-state index contributed by atoms with van der Waals surface area (Å²) in [5, 5.41) is 7.59. The number of nitrogens with one attached hydrogen (secondary N) is 1. The largest absolute Gasteiger partial charge is 0.350 e. The van der Waals surface area contributed by atoms with Gasteiger partial charge in [0.25, 0.3) is 0 Å². The van der Waals surface area contributed by atoms with E-state index in [-0.39, 0.29) is 11.4 Å². The van der Waals surface area contributed by atoms with Gasteiger partial charge in [-0.1, -0.05) is 30.3 Å². The lowest BCUT2D eigenvalue weighted by atomic mass is 10.1. The molecule has 0 aliphatic rings. The standard InChI is InChI=1S/C18H27N5OS/c1-18(2,3)19-16(24)12-21(4)13-23-17(25)22(5)15(20-23)11-14-9-7-6-8-10-14/h6-10H,11-13H2,1-5H3,(H,19,24). The zero-order chi connectivity index (χ0) is 18.6. The fraction of sp³-hybridized carbons (Fsp3) is 0.500. The molecule has 7 heteroatoms. The lowest BCUT2D eigenvalue weighted by Crippen LogP contribution is -2.45. The third-order valence-electron chi connectivity index (χ3n) is 3.64. The molecule has 6 nitrogen and oxygen atoms in total. The summed E-state index contributed by atoms with van der Waals surface area (Å²) >= 11 is 5.49. The number of amides is 1. The van der Waals surface area contributed by atoms with Crippen LogP contribution in [0, 0.1) is 4.77 Å². The van der Waals surface area contributed by atoms with Crippen LogP contribution in [0.15, 0.2) is 30.3 Å². The van der Waals surface area contributed by atoms with Gasteiger partial charge in [0.2, 0.25) is 5.91 Å². The third kappa shape index (κ3) is 5.79. The first kappa shape index (κ1) is 19.3. The number of carbonyl (C=O) groups is 1. The summed E-state index contributed by atoms with van der Waals surface area (Å²) in [6.45, 7) is 6.67. The Morgan fingerprint density at radius 1 is 1.28 bits per heavy atom. The van der Waals surface area contributed by atoms with Crippen molar-refractivity contribution in [3.63, 3.8) is 0 Å². The van der Waals surface area contributed by atoms with Gasteiger partial charge in [0.15, 0.2) is 4.77 Å². The second-order valence-electron chi connectivity index (χ2n) is 7.37. The van der Waals surface area contributed by atoms with E-state index < -0.39 is 0 Å². The molecule has 0 bridgehead atoms. The topological polar surface area (TPSA) is 55.1 Å². The summed E-state index contributed by atoms with van der Waals surface area (Å²) in [6.07, 6.45) is 0.724. The van der Waals surface area contributed by atoms with Gasteiger partial charge in [0.05, 0.1) is 13.2 Å². The first-order chi connectivity index (χ1) is 11.7. The molecule has 25 heavy (non-hydrogen) atoms. The normalized spacial score (nSPS) is 11.8. The Hall–Kier alpha value is -1.99. The van der Waals surface area contributed by atoms with E-state index in [9.17, 15) is 4.79 Å². The molecule has 0 fully saturated rings. The minimum absolute atomic E-state index is 0.0121. The van der Waals surface area contributed by atoms with Gasteiger partial charge in [-0.05, 0) is 45.6 Å². The lowest BCUT2D eigenvalue weighted by molar-refractivity contribution is -0.123. The maximum atomic E-state index is 12.0. The molecular formula is C18H27N5OS. The van der Waals surface area contributed by atoms with Crippen molar-refractivity contribution in [3.05, 3.63) is 46.5 Å². The van der Waals surface area contributed by atoms with Crippen molar-refractivity contribution in [1.82, 2.24) is 24.6 Å². The van der Waals surface area contributed by atoms with Crippen LogP contribution in [0.3, 0.4) is 0 Å². The maximum absolute atomic E-state index is 12.0. The molecule has 1 heterocycles. The van der Waals surface area contributed by atoms with E-state index in [4.69, 9.17) is 12.2 Å². The molecular weight excluding hydrogens is 334 g/mol. The Morgan fingerprint density at radius 2 is 1.92 bits per heavy atom. The predicted octanol–water partition coefficient (Wildman–Crippen LogP) is 2.35. The van der Waals surface area contributed by atoms with Crippen molar-refractivity contribution < 1.29 is 4.79 Å². The van der Waals surface area contributed by atoms with Crippen LogP contribution in [0.25, 0.3) is 0 Å². The molecule has 0 aliphatic carbocycles. The number of carbonyl (C=O) groups excluding carboxylic acids is 1. The molecule has 1 N–H and O–H groups in total. The summed E-state index contributed by atoms with van der Waals surface area (Å²) in [6, 6.07) is 10.2. The van der Waals surface area contributed by atoms with Crippen LogP contribution in [0.4, 0.5) is 0 Å². The molecule has 0 spiro atoms. The molecule has 0 unspecified atom stereocenters. The van der Waals surface area contributed by atoms with Crippen LogP contribution in [-0.4, -0.2) is 44.3 Å². The van der Waals surface area contributed by atoms with E-state index in [1.807, 2.05) is 62.5 Å². The van der Waals surface area contributed by atoms with E-state index >= 15 is 0 Å². The molecule has 0 atom stereocenters. The second kappa shape index (κ2) is 7.93. The number of nitrogens with zero attached hydrogens (tertiary/aromatic N) is 4. The number of benzene rings is 1. The third-order valence-corrected chi connectivity index (χ3v) is 4.12. The van der Waals surface area contributed by atoms with E-state index in [0.717, 1.165) is 12.2 Å². The Kier molecular flexibility index (Phi) is 6.13. The molecule has 1 aromatic carbocycles. The Morgan fingerprint density at radius 3 is 2.52 bits per heavy atom. The summed E-state index contributed by atoms with van der Waals surface area (Å²) in [7, 11) is 3.81. The maximum Gasteiger partial charge on any atom is 0.234 e. The first-order valence-electron chi connectivity index (χ1n) is 8.32. The predicted molar refractivity (Wildman–Crippen MR) is 102 cm³/mol. The Labute approximate surface area is 154 Å². The minimum Gasteiger partial charge on any atom is -0.350 e. The molecule has 136 valence electrons. The molecule has 0 saturated carbocycles. The lowest BCUT2D eigenvalue weighted by Gasteiger charge is -2.23. The van der Waals surface area contributed by atoms with Crippen LogP contribution in [-0.2, 0) is 24.9 Å². The zero-order valence-corrected chi connectivity index (χ0v) is 16.4. The van der Waals surface area contributed by atoms with Gasteiger partial charge in [-0.3, -0.25) is 9.69 Å². The number of likely N-dealkylation sites (N-methyl/N-ethyl adjacent to an activating group) is 1. The van der Waals surface area contributed by atoms with Crippen molar-refractivity contribution in [2.45, 2.75) is 39.4 Å². The Balaban J connectivity index is 2.04. The Bertz CT molecular complexity index is 773. The molecule has 2 aromatic rings.